The summed E-state index contributed by atoms with van der Waals surface area (Å²) in [4.78, 5) is 16.5. The lowest BCUT2D eigenvalue weighted by Crippen LogP contribution is -2.32. The topological polar surface area (TPSA) is 46.9 Å². The van der Waals surface area contributed by atoms with Crippen LogP contribution in [0.3, 0.4) is 0 Å². The van der Waals surface area contributed by atoms with Gasteiger partial charge in [-0.05, 0) is 24.3 Å². The maximum atomic E-state index is 12.4. The summed E-state index contributed by atoms with van der Waals surface area (Å²) in [6.45, 7) is 0.709. The zero-order chi connectivity index (χ0) is 15.2. The van der Waals surface area contributed by atoms with E-state index in [9.17, 15) is 4.79 Å². The smallest absolute Gasteiger partial charge is 0.220 e. The van der Waals surface area contributed by atoms with Gasteiger partial charge >= 0.3 is 0 Å². The van der Waals surface area contributed by atoms with E-state index in [4.69, 9.17) is 0 Å². The molecule has 4 nitrogen and oxygen atoms in total. The van der Waals surface area contributed by atoms with Gasteiger partial charge in [-0.15, -0.1) is 0 Å². The summed E-state index contributed by atoms with van der Waals surface area (Å²) in [7, 11) is 0. The summed E-state index contributed by atoms with van der Waals surface area (Å²) in [6.07, 6.45) is 11.1. The second-order valence-electron chi connectivity index (χ2n) is 6.14. The summed E-state index contributed by atoms with van der Waals surface area (Å²) in [5.41, 5.74) is 1.14. The van der Waals surface area contributed by atoms with Crippen LogP contribution in [0.15, 0.2) is 49.1 Å². The number of aromatic nitrogens is 2. The van der Waals surface area contributed by atoms with E-state index in [2.05, 4.69) is 22.4 Å². The quantitative estimate of drug-likeness (QED) is 0.889. The number of nitrogens with zero attached hydrogens (tertiary/aromatic N) is 2. The molecule has 1 aliphatic rings. The van der Waals surface area contributed by atoms with Gasteiger partial charge in [-0.3, -0.25) is 4.79 Å². The predicted octanol–water partition coefficient (Wildman–Crippen LogP) is 3.32. The highest BCUT2D eigenvalue weighted by Gasteiger charge is 2.21. The average Bonchev–Trinajstić information content (AvgIpc) is 3.21. The lowest BCUT2D eigenvalue weighted by Gasteiger charge is -2.21. The standard InChI is InChI=1S/C18H23N3O/c22-18(12-15-6-4-5-7-15)20-17(13-21-11-10-19-14-21)16-8-2-1-3-9-16/h1-3,8-11,14-15,17H,4-7,12-13H2,(H,20,22)/t17-/m0/s1. The van der Waals surface area contributed by atoms with Gasteiger partial charge in [0.05, 0.1) is 12.4 Å². The van der Waals surface area contributed by atoms with Crippen molar-refractivity contribution in [1.82, 2.24) is 14.9 Å². The fourth-order valence-corrected chi connectivity index (χ4v) is 3.26. The van der Waals surface area contributed by atoms with E-state index in [0.29, 0.717) is 18.9 Å². The average molecular weight is 297 g/mol. The second-order valence-corrected chi connectivity index (χ2v) is 6.14. The van der Waals surface area contributed by atoms with E-state index >= 15 is 0 Å². The van der Waals surface area contributed by atoms with E-state index in [1.54, 1.807) is 12.5 Å². The van der Waals surface area contributed by atoms with Crippen molar-refractivity contribution in [3.63, 3.8) is 0 Å². The Labute approximate surface area is 131 Å². The SMILES string of the molecule is O=C(CC1CCCC1)N[C@@H](Cn1ccnc1)c1ccccc1. The van der Waals surface area contributed by atoms with Crippen LogP contribution in [-0.4, -0.2) is 15.5 Å². The van der Waals surface area contributed by atoms with Crippen LogP contribution in [0.2, 0.25) is 0 Å². The van der Waals surface area contributed by atoms with Gasteiger partial charge in [0, 0.05) is 25.4 Å². The molecule has 3 rings (SSSR count). The predicted molar refractivity (Wildman–Crippen MR) is 86.1 cm³/mol. The number of carbonyl (C=O) groups is 1. The van der Waals surface area contributed by atoms with Crippen molar-refractivity contribution in [3.8, 4) is 0 Å². The molecule has 1 heterocycles. The molecule has 116 valence electrons. The summed E-state index contributed by atoms with van der Waals surface area (Å²) < 4.78 is 2.01. The van der Waals surface area contributed by atoms with E-state index in [1.807, 2.05) is 29.0 Å². The third kappa shape index (κ3) is 3.97. The van der Waals surface area contributed by atoms with Gasteiger partial charge in [0.2, 0.25) is 5.91 Å². The first-order valence-electron chi connectivity index (χ1n) is 8.11. The minimum Gasteiger partial charge on any atom is -0.347 e. The minimum absolute atomic E-state index is 0.00990. The van der Waals surface area contributed by atoms with Crippen molar-refractivity contribution < 1.29 is 4.79 Å². The number of hydrogen-bond acceptors (Lipinski definition) is 2. The highest BCUT2D eigenvalue weighted by atomic mass is 16.1. The van der Waals surface area contributed by atoms with Gasteiger partial charge in [-0.1, -0.05) is 43.2 Å². The molecule has 0 radical (unpaired) electrons. The second kappa shape index (κ2) is 7.25. The summed E-state index contributed by atoms with van der Waals surface area (Å²) in [5.74, 6) is 0.741. The van der Waals surface area contributed by atoms with Gasteiger partial charge in [0.1, 0.15) is 0 Å². The summed E-state index contributed by atoms with van der Waals surface area (Å²) in [5, 5.41) is 3.21. The Hall–Kier alpha value is -2.10. The number of imidazole rings is 1. The van der Waals surface area contributed by atoms with Crippen molar-refractivity contribution in [3.05, 3.63) is 54.6 Å². The fraction of sp³-hybridized carbons (Fsp3) is 0.444. The van der Waals surface area contributed by atoms with Crippen LogP contribution in [0, 0.1) is 5.92 Å². The molecule has 4 heteroatoms. The first-order chi connectivity index (χ1) is 10.8. The highest BCUT2D eigenvalue weighted by Crippen LogP contribution is 2.27. The molecule has 0 saturated heterocycles. The van der Waals surface area contributed by atoms with E-state index in [-0.39, 0.29) is 11.9 Å². The molecular formula is C18H23N3O. The van der Waals surface area contributed by atoms with Crippen LogP contribution in [0.4, 0.5) is 0 Å². The molecule has 1 aliphatic carbocycles. The largest absolute Gasteiger partial charge is 0.347 e. The Morgan fingerprint density at radius 2 is 2.05 bits per heavy atom. The Kier molecular flexibility index (Phi) is 4.88. The zero-order valence-corrected chi connectivity index (χ0v) is 12.8. The number of hydrogen-bond donors (Lipinski definition) is 1. The molecule has 1 fully saturated rings. The molecule has 1 saturated carbocycles. The number of amides is 1. The molecule has 1 aromatic carbocycles. The Morgan fingerprint density at radius 3 is 2.73 bits per heavy atom. The monoisotopic (exact) mass is 297 g/mol. The molecule has 22 heavy (non-hydrogen) atoms. The number of carbonyl (C=O) groups excluding carboxylic acids is 1. The van der Waals surface area contributed by atoms with E-state index < -0.39 is 0 Å². The maximum absolute atomic E-state index is 12.4. The lowest BCUT2D eigenvalue weighted by atomic mass is 10.0. The zero-order valence-electron chi connectivity index (χ0n) is 12.8. The van der Waals surface area contributed by atoms with Crippen LogP contribution in [0.1, 0.15) is 43.7 Å². The first kappa shape index (κ1) is 14.8. The Balaban J connectivity index is 1.66. The lowest BCUT2D eigenvalue weighted by molar-refractivity contribution is -0.122. The van der Waals surface area contributed by atoms with Crippen LogP contribution in [-0.2, 0) is 11.3 Å². The van der Waals surface area contributed by atoms with Crippen LogP contribution in [0.5, 0.6) is 0 Å². The van der Waals surface area contributed by atoms with Crippen molar-refractivity contribution in [2.45, 2.75) is 44.7 Å². The summed E-state index contributed by atoms with van der Waals surface area (Å²) >= 11 is 0. The molecular weight excluding hydrogens is 274 g/mol. The van der Waals surface area contributed by atoms with Crippen molar-refractivity contribution >= 4 is 5.91 Å². The van der Waals surface area contributed by atoms with Crippen molar-refractivity contribution in [2.24, 2.45) is 5.92 Å². The van der Waals surface area contributed by atoms with Gasteiger partial charge in [0.25, 0.3) is 0 Å². The Morgan fingerprint density at radius 1 is 1.27 bits per heavy atom. The highest BCUT2D eigenvalue weighted by molar-refractivity contribution is 5.76. The van der Waals surface area contributed by atoms with Crippen molar-refractivity contribution in [2.75, 3.05) is 0 Å². The molecule has 1 N–H and O–H groups in total. The Bertz CT molecular complexity index is 574. The van der Waals surface area contributed by atoms with Gasteiger partial charge < -0.3 is 9.88 Å². The third-order valence-corrected chi connectivity index (χ3v) is 4.44. The van der Waals surface area contributed by atoms with E-state index in [0.717, 1.165) is 5.56 Å². The van der Waals surface area contributed by atoms with Crippen LogP contribution < -0.4 is 5.32 Å². The van der Waals surface area contributed by atoms with Gasteiger partial charge in [0.15, 0.2) is 0 Å². The van der Waals surface area contributed by atoms with Crippen LogP contribution in [0.25, 0.3) is 0 Å². The minimum atomic E-state index is -0.00990. The summed E-state index contributed by atoms with van der Waals surface area (Å²) in [6, 6.07) is 10.1. The van der Waals surface area contributed by atoms with E-state index in [1.165, 1.54) is 25.7 Å². The normalized spacial score (nSPS) is 16.5. The molecule has 0 spiro atoms. The number of benzene rings is 1. The van der Waals surface area contributed by atoms with Gasteiger partial charge in [-0.2, -0.15) is 0 Å². The molecule has 0 unspecified atom stereocenters. The first-order valence-corrected chi connectivity index (χ1v) is 8.11. The third-order valence-electron chi connectivity index (χ3n) is 4.44. The van der Waals surface area contributed by atoms with Crippen molar-refractivity contribution in [1.29, 1.82) is 0 Å². The molecule has 1 atom stereocenters. The maximum Gasteiger partial charge on any atom is 0.220 e. The number of rotatable bonds is 6. The molecule has 2 aromatic rings. The molecule has 0 bridgehead atoms. The fourth-order valence-electron chi connectivity index (χ4n) is 3.26. The van der Waals surface area contributed by atoms with Crippen LogP contribution >= 0.6 is 0 Å². The van der Waals surface area contributed by atoms with Gasteiger partial charge in [-0.25, -0.2) is 4.98 Å². The number of nitrogens with one attached hydrogen (secondary N) is 1. The molecule has 1 aromatic heterocycles. The molecule has 1 amide bonds. The molecule has 0 aliphatic heterocycles.